The molecule has 59 heavy (non-hydrogen) atoms. The van der Waals surface area contributed by atoms with E-state index in [9.17, 15) is 0 Å². The minimum atomic E-state index is -0.0662. The maximum absolute atomic E-state index is 5.33. The highest BCUT2D eigenvalue weighted by Gasteiger charge is 2.37. The molecule has 278 valence electrons. The molecule has 11 rings (SSSR count). The van der Waals surface area contributed by atoms with Gasteiger partial charge in [0.25, 0.3) is 0 Å². The van der Waals surface area contributed by atoms with Crippen molar-refractivity contribution in [2.75, 3.05) is 0 Å². The zero-order valence-corrected chi connectivity index (χ0v) is 33.0. The fraction of sp³-hybridized carbons (Fsp3) is 0.0526. The summed E-state index contributed by atoms with van der Waals surface area (Å²) in [5, 5.41) is 4.93. The van der Waals surface area contributed by atoms with Gasteiger partial charge in [-0.3, -0.25) is 0 Å². The van der Waals surface area contributed by atoms with E-state index < -0.39 is 0 Å². The van der Waals surface area contributed by atoms with Gasteiger partial charge in [-0.25, -0.2) is 9.97 Å². The average molecular weight is 753 g/mol. The Hall–Kier alpha value is -7.42. The minimum Gasteiger partial charge on any atom is -0.228 e. The fourth-order valence-electron chi connectivity index (χ4n) is 9.42. The smallest absolute Gasteiger partial charge is 0.161 e. The third-order valence-electron chi connectivity index (χ3n) is 12.3. The topological polar surface area (TPSA) is 25.8 Å². The summed E-state index contributed by atoms with van der Waals surface area (Å²) in [6, 6.07) is 74.2. The van der Waals surface area contributed by atoms with Crippen LogP contribution in [0.2, 0.25) is 0 Å². The SMILES string of the molecule is CC1(C)c2ccc(-c3ccc(-c4ccc(-c5nc(-c6ccccc6)cc(-c6ccccc6-c6ccccc6)n5)c5ccccc45)cc3)cc2-c2ccc3ccccc3c21. The number of rotatable bonds is 6. The molecule has 2 heteroatoms. The van der Waals surface area contributed by atoms with Gasteiger partial charge in [-0.15, -0.1) is 0 Å². The predicted molar refractivity (Wildman–Crippen MR) is 247 cm³/mol. The molecule has 0 bridgehead atoms. The molecule has 0 atom stereocenters. The van der Waals surface area contributed by atoms with E-state index in [1.165, 1.54) is 60.7 Å². The van der Waals surface area contributed by atoms with Crippen LogP contribution in [-0.4, -0.2) is 9.97 Å². The van der Waals surface area contributed by atoms with E-state index in [2.05, 4.69) is 214 Å². The zero-order chi connectivity index (χ0) is 39.5. The summed E-state index contributed by atoms with van der Waals surface area (Å²) in [6.07, 6.45) is 0. The standard InChI is InChI=1S/C57H40N2/c1-57(2)52-34-30-42(35-51(52)49-31-29-39-17-9-10-21-45(39)55(49)57)37-25-27-40(28-26-37)44-32-33-50(47-23-13-12-22-46(44)47)56-58-53(41-18-7-4-8-19-41)36-54(59-56)48-24-14-11-20-43(48)38-15-5-3-6-16-38/h3-36H,1-2H3. The molecule has 0 fully saturated rings. The van der Waals surface area contributed by atoms with Crippen molar-refractivity contribution in [2.45, 2.75) is 19.3 Å². The highest BCUT2D eigenvalue weighted by atomic mass is 14.9. The van der Waals surface area contributed by atoms with Crippen molar-refractivity contribution in [1.29, 1.82) is 0 Å². The summed E-state index contributed by atoms with van der Waals surface area (Å²) in [5.41, 5.74) is 17.4. The van der Waals surface area contributed by atoms with E-state index in [0.717, 1.165) is 44.6 Å². The van der Waals surface area contributed by atoms with Gasteiger partial charge in [0.1, 0.15) is 0 Å². The summed E-state index contributed by atoms with van der Waals surface area (Å²) in [5.74, 6) is 0.705. The quantitative estimate of drug-likeness (QED) is 0.169. The largest absolute Gasteiger partial charge is 0.228 e. The molecule has 2 nitrogen and oxygen atoms in total. The molecule has 0 radical (unpaired) electrons. The second kappa shape index (κ2) is 13.9. The number of nitrogens with zero attached hydrogens (tertiary/aromatic N) is 2. The Balaban J connectivity index is 0.990. The number of hydrogen-bond donors (Lipinski definition) is 0. The molecular formula is C57H40N2. The molecule has 0 aliphatic heterocycles. The summed E-state index contributed by atoms with van der Waals surface area (Å²) in [7, 11) is 0. The van der Waals surface area contributed by atoms with Gasteiger partial charge in [0.2, 0.25) is 0 Å². The monoisotopic (exact) mass is 752 g/mol. The molecule has 1 heterocycles. The van der Waals surface area contributed by atoms with Gasteiger partial charge >= 0.3 is 0 Å². The Bertz CT molecular complexity index is 3220. The van der Waals surface area contributed by atoms with Crippen molar-refractivity contribution in [3.63, 3.8) is 0 Å². The number of fused-ring (bicyclic) bond motifs is 6. The van der Waals surface area contributed by atoms with Gasteiger partial charge in [0.15, 0.2) is 5.82 Å². The highest BCUT2D eigenvalue weighted by Crippen LogP contribution is 2.52. The summed E-state index contributed by atoms with van der Waals surface area (Å²) >= 11 is 0. The Morgan fingerprint density at radius 2 is 0.864 bits per heavy atom. The van der Waals surface area contributed by atoms with Crippen LogP contribution >= 0.6 is 0 Å². The van der Waals surface area contributed by atoms with Gasteiger partial charge in [0.05, 0.1) is 11.4 Å². The predicted octanol–water partition coefficient (Wildman–Crippen LogP) is 15.1. The van der Waals surface area contributed by atoms with Crippen molar-refractivity contribution in [3.8, 4) is 78.4 Å². The second-order valence-corrected chi connectivity index (χ2v) is 16.1. The van der Waals surface area contributed by atoms with Gasteiger partial charge in [0, 0.05) is 22.1 Å². The second-order valence-electron chi connectivity index (χ2n) is 16.1. The highest BCUT2D eigenvalue weighted by molar-refractivity contribution is 6.05. The molecule has 1 aromatic heterocycles. The van der Waals surface area contributed by atoms with E-state index in [1.807, 2.05) is 6.07 Å². The van der Waals surface area contributed by atoms with Crippen LogP contribution in [0.1, 0.15) is 25.0 Å². The molecule has 1 aliphatic carbocycles. The average Bonchev–Trinajstić information content (AvgIpc) is 3.54. The normalized spacial score (nSPS) is 12.7. The van der Waals surface area contributed by atoms with Crippen molar-refractivity contribution < 1.29 is 0 Å². The van der Waals surface area contributed by atoms with E-state index in [-0.39, 0.29) is 5.41 Å². The molecule has 0 N–H and O–H groups in total. The van der Waals surface area contributed by atoms with E-state index in [4.69, 9.17) is 9.97 Å². The van der Waals surface area contributed by atoms with Gasteiger partial charge < -0.3 is 0 Å². The maximum Gasteiger partial charge on any atom is 0.161 e. The van der Waals surface area contributed by atoms with Crippen LogP contribution in [0.5, 0.6) is 0 Å². The summed E-state index contributed by atoms with van der Waals surface area (Å²) < 4.78 is 0. The van der Waals surface area contributed by atoms with Crippen LogP contribution in [-0.2, 0) is 5.41 Å². The van der Waals surface area contributed by atoms with E-state index >= 15 is 0 Å². The Morgan fingerprint density at radius 3 is 1.63 bits per heavy atom. The fourth-order valence-corrected chi connectivity index (χ4v) is 9.42. The molecule has 10 aromatic rings. The Kier molecular flexibility index (Phi) is 8.20. The maximum atomic E-state index is 5.33. The summed E-state index contributed by atoms with van der Waals surface area (Å²) in [4.78, 5) is 10.6. The van der Waals surface area contributed by atoms with Gasteiger partial charge in [-0.2, -0.15) is 0 Å². The van der Waals surface area contributed by atoms with Crippen LogP contribution in [0, 0.1) is 0 Å². The molecule has 0 spiro atoms. The molecule has 0 unspecified atom stereocenters. The van der Waals surface area contributed by atoms with Crippen LogP contribution in [0.25, 0.3) is 100.0 Å². The number of benzene rings is 9. The van der Waals surface area contributed by atoms with Crippen molar-refractivity contribution in [2.24, 2.45) is 0 Å². The van der Waals surface area contributed by atoms with Crippen molar-refractivity contribution in [1.82, 2.24) is 9.97 Å². The lowest BCUT2D eigenvalue weighted by Crippen LogP contribution is -2.15. The third-order valence-corrected chi connectivity index (χ3v) is 12.3. The van der Waals surface area contributed by atoms with Crippen LogP contribution < -0.4 is 0 Å². The Morgan fingerprint density at radius 1 is 0.322 bits per heavy atom. The molecule has 0 saturated carbocycles. The van der Waals surface area contributed by atoms with Crippen LogP contribution in [0.15, 0.2) is 206 Å². The number of hydrogen-bond acceptors (Lipinski definition) is 2. The first-order valence-electron chi connectivity index (χ1n) is 20.4. The molecule has 0 amide bonds. The van der Waals surface area contributed by atoms with E-state index in [0.29, 0.717) is 5.82 Å². The third kappa shape index (κ3) is 5.87. The lowest BCUT2D eigenvalue weighted by atomic mass is 9.80. The first-order chi connectivity index (χ1) is 29.0. The first-order valence-corrected chi connectivity index (χ1v) is 20.4. The van der Waals surface area contributed by atoms with Gasteiger partial charge in [-0.05, 0) is 95.4 Å². The molecule has 9 aromatic carbocycles. The molecular weight excluding hydrogens is 713 g/mol. The number of aromatic nitrogens is 2. The lowest BCUT2D eigenvalue weighted by molar-refractivity contribution is 0.666. The lowest BCUT2D eigenvalue weighted by Gasteiger charge is -2.23. The van der Waals surface area contributed by atoms with Crippen molar-refractivity contribution in [3.05, 3.63) is 217 Å². The summed E-state index contributed by atoms with van der Waals surface area (Å²) in [6.45, 7) is 4.73. The van der Waals surface area contributed by atoms with Crippen LogP contribution in [0.4, 0.5) is 0 Å². The zero-order valence-electron chi connectivity index (χ0n) is 33.0. The first kappa shape index (κ1) is 34.8. The molecule has 1 aliphatic rings. The van der Waals surface area contributed by atoms with Crippen molar-refractivity contribution >= 4 is 21.5 Å². The van der Waals surface area contributed by atoms with Gasteiger partial charge in [-0.1, -0.05) is 202 Å². The van der Waals surface area contributed by atoms with Crippen LogP contribution in [0.3, 0.4) is 0 Å². The minimum absolute atomic E-state index is 0.0662. The van der Waals surface area contributed by atoms with E-state index in [1.54, 1.807) is 0 Å². The molecule has 0 saturated heterocycles. The Labute approximate surface area is 345 Å².